The lowest BCUT2D eigenvalue weighted by atomic mass is 9.99. The first-order chi connectivity index (χ1) is 33.3. The van der Waals surface area contributed by atoms with Crippen molar-refractivity contribution >= 4 is 5.91 Å². The molecule has 1 saturated heterocycles. The van der Waals surface area contributed by atoms with E-state index >= 15 is 0 Å². The number of carbonyl (C=O) groups is 1. The van der Waals surface area contributed by atoms with E-state index in [0.29, 0.717) is 6.42 Å². The van der Waals surface area contributed by atoms with Crippen LogP contribution < -0.4 is 5.32 Å². The van der Waals surface area contributed by atoms with Crippen LogP contribution in [0.2, 0.25) is 0 Å². The number of hydrogen-bond acceptors (Lipinski definition) is 8. The number of allylic oxidation sites excluding steroid dienone is 9. The van der Waals surface area contributed by atoms with Crippen LogP contribution in [-0.2, 0) is 14.3 Å². The molecule has 6 N–H and O–H groups in total. The topological polar surface area (TPSA) is 149 Å². The molecule has 0 spiro atoms. The Kier molecular flexibility index (Phi) is 45.6. The second kappa shape index (κ2) is 48.5. The minimum Gasteiger partial charge on any atom is -0.394 e. The van der Waals surface area contributed by atoms with Gasteiger partial charge in [0.15, 0.2) is 6.29 Å². The number of ether oxygens (including phenoxy) is 2. The zero-order valence-electron chi connectivity index (χ0n) is 43.9. The van der Waals surface area contributed by atoms with Crippen molar-refractivity contribution in [2.75, 3.05) is 13.2 Å². The van der Waals surface area contributed by atoms with Gasteiger partial charge in [0, 0.05) is 6.42 Å². The summed E-state index contributed by atoms with van der Waals surface area (Å²) in [5.41, 5.74) is 0. The van der Waals surface area contributed by atoms with Crippen LogP contribution in [0.1, 0.15) is 251 Å². The maximum absolute atomic E-state index is 13.0. The monoisotopic (exact) mass is 958 g/mol. The summed E-state index contributed by atoms with van der Waals surface area (Å²) in [6, 6.07) is -0.832. The molecular weight excluding hydrogens is 851 g/mol. The zero-order chi connectivity index (χ0) is 49.4. The van der Waals surface area contributed by atoms with Crippen LogP contribution in [0.25, 0.3) is 0 Å². The molecule has 7 unspecified atom stereocenters. The van der Waals surface area contributed by atoms with Crippen molar-refractivity contribution in [3.05, 3.63) is 60.8 Å². The first-order valence-electron chi connectivity index (χ1n) is 28.5. The Labute approximate surface area is 417 Å². The van der Waals surface area contributed by atoms with Crippen LogP contribution in [0.4, 0.5) is 0 Å². The molecule has 1 heterocycles. The van der Waals surface area contributed by atoms with Gasteiger partial charge in [-0.05, 0) is 70.6 Å². The van der Waals surface area contributed by atoms with E-state index < -0.39 is 49.5 Å². The summed E-state index contributed by atoms with van der Waals surface area (Å²) >= 11 is 0. The lowest BCUT2D eigenvalue weighted by Gasteiger charge is -2.40. The third-order valence-electron chi connectivity index (χ3n) is 13.3. The fraction of sp³-hybridized carbons (Fsp3) is 0.814. The van der Waals surface area contributed by atoms with Gasteiger partial charge in [0.05, 0.1) is 25.4 Å². The van der Waals surface area contributed by atoms with Crippen LogP contribution in [0.15, 0.2) is 60.8 Å². The SMILES string of the molecule is CCCCCCC/C=C\C/C=C\C/C=C\CCCCCCCCC(=O)NC(COC1OC(CO)C(O)C(O)C1O)C(O)/C=C/CC/C=C/CCCCCCCCCCCCCCCCCCCC. The van der Waals surface area contributed by atoms with Gasteiger partial charge in [0.25, 0.3) is 0 Å². The molecule has 0 aromatic carbocycles. The molecule has 1 aliphatic rings. The van der Waals surface area contributed by atoms with Gasteiger partial charge >= 0.3 is 0 Å². The Morgan fingerprint density at radius 1 is 0.500 bits per heavy atom. The first kappa shape index (κ1) is 63.9. The first-order valence-corrected chi connectivity index (χ1v) is 28.5. The van der Waals surface area contributed by atoms with Gasteiger partial charge in [-0.25, -0.2) is 0 Å². The molecule has 0 bridgehead atoms. The standard InChI is InChI=1S/C59H107NO8/c1-3-5-7-9-11-13-15-17-19-21-23-25-26-27-29-30-32-34-36-38-40-42-44-46-48-53(62)52(51-67-59-58(66)57(65)56(64)54(50-61)68-59)60-55(63)49-47-45-43-41-39-37-35-33-31-28-24-22-20-18-16-14-12-10-8-6-4-2/h16,18,22,24,31,33,38,40,46,48,52-54,56-59,61-62,64-66H,3-15,17,19-21,23,25-30,32,34-37,39,41-45,47,49-51H2,1-2H3,(H,60,63)/b18-16-,24-22-,33-31-,40-38+,48-46+. The number of nitrogens with one attached hydrogen (secondary N) is 1. The fourth-order valence-electron chi connectivity index (χ4n) is 8.77. The number of rotatable bonds is 48. The predicted molar refractivity (Wildman–Crippen MR) is 286 cm³/mol. The predicted octanol–water partition coefficient (Wildman–Crippen LogP) is 13.9. The van der Waals surface area contributed by atoms with Crippen LogP contribution in [0.3, 0.4) is 0 Å². The normalized spacial score (nSPS) is 20.0. The lowest BCUT2D eigenvalue weighted by Crippen LogP contribution is -2.60. The number of aliphatic hydroxyl groups is 5. The fourth-order valence-corrected chi connectivity index (χ4v) is 8.77. The van der Waals surface area contributed by atoms with Crippen molar-refractivity contribution < 1.29 is 39.8 Å². The Balaban J connectivity index is 2.28. The molecular formula is C59H107NO8. The minimum absolute atomic E-state index is 0.199. The van der Waals surface area contributed by atoms with Crippen LogP contribution in [-0.4, -0.2) is 87.5 Å². The second-order valence-corrected chi connectivity index (χ2v) is 19.7. The molecule has 9 heteroatoms. The molecule has 1 fully saturated rings. The zero-order valence-corrected chi connectivity index (χ0v) is 43.9. The Hall–Kier alpha value is -2.11. The van der Waals surface area contributed by atoms with E-state index in [1.54, 1.807) is 6.08 Å². The van der Waals surface area contributed by atoms with E-state index in [4.69, 9.17) is 9.47 Å². The van der Waals surface area contributed by atoms with E-state index in [2.05, 4.69) is 67.8 Å². The lowest BCUT2D eigenvalue weighted by molar-refractivity contribution is -0.302. The Bertz CT molecular complexity index is 1250. The summed E-state index contributed by atoms with van der Waals surface area (Å²) in [5, 5.41) is 54.5. The minimum atomic E-state index is -1.58. The molecule has 9 nitrogen and oxygen atoms in total. The van der Waals surface area contributed by atoms with E-state index in [9.17, 15) is 30.3 Å². The van der Waals surface area contributed by atoms with Gasteiger partial charge in [-0.3, -0.25) is 4.79 Å². The molecule has 0 aromatic heterocycles. The highest BCUT2D eigenvalue weighted by atomic mass is 16.7. The number of amides is 1. The molecule has 0 radical (unpaired) electrons. The van der Waals surface area contributed by atoms with Crippen LogP contribution in [0.5, 0.6) is 0 Å². The molecule has 396 valence electrons. The molecule has 1 amide bonds. The molecule has 0 aliphatic carbocycles. The van der Waals surface area contributed by atoms with Gasteiger partial charge in [-0.2, -0.15) is 0 Å². The highest BCUT2D eigenvalue weighted by molar-refractivity contribution is 5.76. The van der Waals surface area contributed by atoms with Crippen molar-refractivity contribution in [2.24, 2.45) is 0 Å². The molecule has 1 rings (SSSR count). The van der Waals surface area contributed by atoms with Crippen molar-refractivity contribution in [2.45, 2.75) is 294 Å². The summed E-state index contributed by atoms with van der Waals surface area (Å²) < 4.78 is 11.2. The van der Waals surface area contributed by atoms with Gasteiger partial charge in [0.1, 0.15) is 24.4 Å². The molecule has 68 heavy (non-hydrogen) atoms. The molecule has 7 atom stereocenters. The summed E-state index contributed by atoms with van der Waals surface area (Å²) in [5.74, 6) is -0.199. The maximum atomic E-state index is 13.0. The Morgan fingerprint density at radius 2 is 0.882 bits per heavy atom. The third kappa shape index (κ3) is 37.7. The summed E-state index contributed by atoms with van der Waals surface area (Å²) in [6.07, 6.45) is 58.5. The molecule has 0 saturated carbocycles. The van der Waals surface area contributed by atoms with Gasteiger partial charge in [-0.15, -0.1) is 0 Å². The van der Waals surface area contributed by atoms with E-state index in [1.165, 1.54) is 167 Å². The van der Waals surface area contributed by atoms with Crippen molar-refractivity contribution in [3.63, 3.8) is 0 Å². The smallest absolute Gasteiger partial charge is 0.220 e. The molecule has 1 aliphatic heterocycles. The number of aliphatic hydroxyl groups excluding tert-OH is 5. The van der Waals surface area contributed by atoms with Crippen molar-refractivity contribution in [1.29, 1.82) is 0 Å². The summed E-state index contributed by atoms with van der Waals surface area (Å²) in [7, 11) is 0. The third-order valence-corrected chi connectivity index (χ3v) is 13.3. The van der Waals surface area contributed by atoms with Crippen LogP contribution >= 0.6 is 0 Å². The molecule has 0 aromatic rings. The largest absolute Gasteiger partial charge is 0.394 e. The Morgan fingerprint density at radius 3 is 1.34 bits per heavy atom. The number of unbranched alkanes of at least 4 members (excludes halogenated alkanes) is 30. The van der Waals surface area contributed by atoms with E-state index in [0.717, 1.165) is 64.2 Å². The van der Waals surface area contributed by atoms with Crippen molar-refractivity contribution in [3.8, 4) is 0 Å². The highest BCUT2D eigenvalue weighted by Gasteiger charge is 2.44. The van der Waals surface area contributed by atoms with E-state index in [1.807, 2.05) is 6.08 Å². The summed E-state index contributed by atoms with van der Waals surface area (Å²) in [4.78, 5) is 13.0. The highest BCUT2D eigenvalue weighted by Crippen LogP contribution is 2.23. The average molecular weight is 959 g/mol. The van der Waals surface area contributed by atoms with Gasteiger partial charge in [0.2, 0.25) is 5.91 Å². The maximum Gasteiger partial charge on any atom is 0.220 e. The van der Waals surface area contributed by atoms with Crippen LogP contribution in [0, 0.1) is 0 Å². The van der Waals surface area contributed by atoms with Gasteiger partial charge < -0.3 is 40.3 Å². The number of carbonyl (C=O) groups excluding carboxylic acids is 1. The van der Waals surface area contributed by atoms with E-state index in [-0.39, 0.29) is 12.5 Å². The average Bonchev–Trinajstić information content (AvgIpc) is 3.34. The number of hydrogen-bond donors (Lipinski definition) is 6. The van der Waals surface area contributed by atoms with Crippen molar-refractivity contribution in [1.82, 2.24) is 5.32 Å². The second-order valence-electron chi connectivity index (χ2n) is 19.7. The quantitative estimate of drug-likeness (QED) is 0.0261. The van der Waals surface area contributed by atoms with Gasteiger partial charge in [-0.1, -0.05) is 235 Å². The summed E-state index contributed by atoms with van der Waals surface area (Å²) in [6.45, 7) is 3.76.